The highest BCUT2D eigenvalue weighted by molar-refractivity contribution is 7.92. The van der Waals surface area contributed by atoms with Crippen molar-refractivity contribution in [2.75, 3.05) is 21.9 Å². The Morgan fingerprint density at radius 3 is 2.77 bits per heavy atom. The van der Waals surface area contributed by atoms with Gasteiger partial charge in [-0.3, -0.25) is 4.31 Å². The van der Waals surface area contributed by atoms with Gasteiger partial charge in [-0.05, 0) is 38.3 Å². The monoisotopic (exact) mass is 327 g/mol. The third-order valence-electron chi connectivity index (χ3n) is 3.67. The minimum Gasteiger partial charge on any atom is -0.478 e. The van der Waals surface area contributed by atoms with Crippen molar-refractivity contribution in [1.29, 1.82) is 0 Å². The fraction of sp³-hybridized carbons (Fsp3) is 0.571. The van der Waals surface area contributed by atoms with Crippen LogP contribution >= 0.6 is 0 Å². The van der Waals surface area contributed by atoms with E-state index in [1.165, 1.54) is 16.4 Å². The first-order valence-corrected chi connectivity index (χ1v) is 8.96. The lowest BCUT2D eigenvalue weighted by molar-refractivity contribution is 0.0697. The molecule has 1 fully saturated rings. The maximum absolute atomic E-state index is 12.2. The summed E-state index contributed by atoms with van der Waals surface area (Å²) in [6.45, 7) is 4.28. The second-order valence-corrected chi connectivity index (χ2v) is 7.47. The summed E-state index contributed by atoms with van der Waals surface area (Å²) in [5.41, 5.74) is 0.0246. The summed E-state index contributed by atoms with van der Waals surface area (Å²) >= 11 is 0. The molecule has 0 bridgehead atoms. The van der Waals surface area contributed by atoms with Crippen LogP contribution in [0.3, 0.4) is 0 Å². The molecule has 1 aliphatic rings. The average molecular weight is 327 g/mol. The van der Waals surface area contributed by atoms with E-state index in [2.05, 4.69) is 10.3 Å². The maximum Gasteiger partial charge on any atom is 0.335 e. The van der Waals surface area contributed by atoms with Gasteiger partial charge in [-0.25, -0.2) is 18.2 Å². The number of nitrogens with one attached hydrogen (secondary N) is 1. The average Bonchev–Trinajstić information content (AvgIpc) is 2.46. The molecular formula is C14H21N3O4S. The minimum atomic E-state index is -3.42. The van der Waals surface area contributed by atoms with Crippen LogP contribution in [-0.4, -0.2) is 42.8 Å². The molecule has 1 saturated heterocycles. The highest BCUT2D eigenvalue weighted by atomic mass is 32.2. The zero-order valence-electron chi connectivity index (χ0n) is 12.7. The lowest BCUT2D eigenvalue weighted by Crippen LogP contribution is -2.38. The molecule has 1 atom stereocenters. The second kappa shape index (κ2) is 6.51. The van der Waals surface area contributed by atoms with E-state index < -0.39 is 16.0 Å². The van der Waals surface area contributed by atoms with Crippen LogP contribution in [0.25, 0.3) is 0 Å². The van der Waals surface area contributed by atoms with Crippen LogP contribution < -0.4 is 9.62 Å². The number of sulfonamides is 1. The molecule has 0 spiro atoms. The molecule has 22 heavy (non-hydrogen) atoms. The summed E-state index contributed by atoms with van der Waals surface area (Å²) in [4.78, 5) is 15.6. The molecule has 2 heterocycles. The SMILES string of the molecule is CCC(C)Nc1cc(C(=O)O)cc(N2CCCCS2(=O)=O)n1. The predicted molar refractivity (Wildman–Crippen MR) is 84.9 cm³/mol. The number of aromatic carboxylic acids is 1. The van der Waals surface area contributed by atoms with E-state index in [9.17, 15) is 18.3 Å². The topological polar surface area (TPSA) is 99.6 Å². The first-order chi connectivity index (χ1) is 10.3. The first-order valence-electron chi connectivity index (χ1n) is 7.36. The summed E-state index contributed by atoms with van der Waals surface area (Å²) < 4.78 is 25.6. The van der Waals surface area contributed by atoms with Crippen molar-refractivity contribution in [2.24, 2.45) is 0 Å². The highest BCUT2D eigenvalue weighted by Crippen LogP contribution is 2.25. The quantitative estimate of drug-likeness (QED) is 0.857. The van der Waals surface area contributed by atoms with E-state index in [1.807, 2.05) is 13.8 Å². The van der Waals surface area contributed by atoms with Crippen molar-refractivity contribution in [3.63, 3.8) is 0 Å². The van der Waals surface area contributed by atoms with Gasteiger partial charge in [0.15, 0.2) is 0 Å². The minimum absolute atomic E-state index is 0.0246. The van der Waals surface area contributed by atoms with Crippen molar-refractivity contribution < 1.29 is 18.3 Å². The standard InChI is InChI=1S/C14H21N3O4S/c1-3-10(2)15-12-8-11(14(18)19)9-13(16-12)17-6-4-5-7-22(17,20)21/h8-10H,3-7H2,1-2H3,(H,15,16)(H,18,19). The smallest absolute Gasteiger partial charge is 0.335 e. The number of pyridine rings is 1. The largest absolute Gasteiger partial charge is 0.478 e. The number of rotatable bonds is 5. The zero-order chi connectivity index (χ0) is 16.3. The molecule has 8 heteroatoms. The van der Waals surface area contributed by atoms with Crippen LogP contribution in [0.2, 0.25) is 0 Å². The summed E-state index contributed by atoms with van der Waals surface area (Å²) in [6.07, 6.45) is 2.21. The normalized spacial score (nSPS) is 18.7. The lowest BCUT2D eigenvalue weighted by Gasteiger charge is -2.28. The maximum atomic E-state index is 12.2. The predicted octanol–water partition coefficient (Wildman–Crippen LogP) is 1.92. The van der Waals surface area contributed by atoms with E-state index in [4.69, 9.17) is 0 Å². The Balaban J connectivity index is 2.43. The summed E-state index contributed by atoms with van der Waals surface area (Å²) in [7, 11) is -3.42. The molecule has 122 valence electrons. The molecule has 1 unspecified atom stereocenters. The van der Waals surface area contributed by atoms with Gasteiger partial charge in [-0.15, -0.1) is 0 Å². The molecule has 0 radical (unpaired) electrons. The molecule has 0 aromatic carbocycles. The Hall–Kier alpha value is -1.83. The lowest BCUT2D eigenvalue weighted by atomic mass is 10.2. The summed E-state index contributed by atoms with van der Waals surface area (Å²) in [5, 5.41) is 12.3. The van der Waals surface area contributed by atoms with Crippen molar-refractivity contribution >= 4 is 27.6 Å². The van der Waals surface area contributed by atoms with Crippen LogP contribution in [0, 0.1) is 0 Å². The molecule has 1 aromatic rings. The fourth-order valence-corrected chi connectivity index (χ4v) is 3.82. The fourth-order valence-electron chi connectivity index (χ4n) is 2.24. The Bertz CT molecular complexity index is 660. The number of carboxylic acids is 1. The van der Waals surface area contributed by atoms with Gasteiger partial charge < -0.3 is 10.4 Å². The number of aromatic nitrogens is 1. The molecule has 1 aromatic heterocycles. The molecular weight excluding hydrogens is 306 g/mol. The molecule has 0 aliphatic carbocycles. The van der Waals surface area contributed by atoms with Crippen LogP contribution in [0.1, 0.15) is 43.5 Å². The van der Waals surface area contributed by atoms with Crippen molar-refractivity contribution in [2.45, 2.75) is 39.2 Å². The summed E-state index contributed by atoms with van der Waals surface area (Å²) in [5.74, 6) is -0.485. The number of anilines is 2. The van der Waals surface area contributed by atoms with E-state index >= 15 is 0 Å². The van der Waals surface area contributed by atoms with E-state index in [-0.39, 0.29) is 23.2 Å². The molecule has 2 rings (SSSR count). The van der Waals surface area contributed by atoms with Crippen LogP contribution in [0.5, 0.6) is 0 Å². The van der Waals surface area contributed by atoms with Gasteiger partial charge in [0.25, 0.3) is 0 Å². The number of carbonyl (C=O) groups is 1. The number of hydrogen-bond donors (Lipinski definition) is 2. The van der Waals surface area contributed by atoms with Crippen molar-refractivity contribution in [3.8, 4) is 0 Å². The van der Waals surface area contributed by atoms with Gasteiger partial charge in [0, 0.05) is 12.6 Å². The second-order valence-electron chi connectivity index (χ2n) is 5.45. The first kappa shape index (κ1) is 16.5. The van der Waals surface area contributed by atoms with Gasteiger partial charge in [0.05, 0.1) is 11.3 Å². The molecule has 0 amide bonds. The number of hydrogen-bond acceptors (Lipinski definition) is 5. The van der Waals surface area contributed by atoms with E-state index in [0.29, 0.717) is 18.8 Å². The summed E-state index contributed by atoms with van der Waals surface area (Å²) in [6, 6.07) is 2.85. The number of nitrogens with zero attached hydrogens (tertiary/aromatic N) is 2. The Labute approximate surface area is 130 Å². The Morgan fingerprint density at radius 2 is 2.18 bits per heavy atom. The van der Waals surface area contributed by atoms with Gasteiger partial charge in [-0.2, -0.15) is 0 Å². The van der Waals surface area contributed by atoms with E-state index in [1.54, 1.807) is 0 Å². The number of carboxylic acid groups (broad SMARTS) is 1. The molecule has 0 saturated carbocycles. The van der Waals surface area contributed by atoms with Crippen LogP contribution in [-0.2, 0) is 10.0 Å². The van der Waals surface area contributed by atoms with Crippen molar-refractivity contribution in [3.05, 3.63) is 17.7 Å². The Morgan fingerprint density at radius 1 is 1.45 bits per heavy atom. The van der Waals surface area contributed by atoms with Crippen LogP contribution in [0.15, 0.2) is 12.1 Å². The highest BCUT2D eigenvalue weighted by Gasteiger charge is 2.28. The third kappa shape index (κ3) is 3.68. The molecule has 2 N–H and O–H groups in total. The molecule has 1 aliphatic heterocycles. The van der Waals surface area contributed by atoms with Gasteiger partial charge >= 0.3 is 5.97 Å². The van der Waals surface area contributed by atoms with E-state index in [0.717, 1.165) is 12.8 Å². The zero-order valence-corrected chi connectivity index (χ0v) is 13.6. The van der Waals surface area contributed by atoms with Gasteiger partial charge in [0.1, 0.15) is 11.6 Å². The van der Waals surface area contributed by atoms with Gasteiger partial charge in [-0.1, -0.05) is 6.92 Å². The van der Waals surface area contributed by atoms with Crippen molar-refractivity contribution in [1.82, 2.24) is 4.98 Å². The molecule has 7 nitrogen and oxygen atoms in total. The van der Waals surface area contributed by atoms with Crippen LogP contribution in [0.4, 0.5) is 11.6 Å². The Kier molecular flexibility index (Phi) is 4.90. The third-order valence-corrected chi connectivity index (χ3v) is 5.52. The van der Waals surface area contributed by atoms with Gasteiger partial charge in [0.2, 0.25) is 10.0 Å².